The van der Waals surface area contributed by atoms with Gasteiger partial charge in [-0.15, -0.1) is 11.3 Å². The molecule has 0 radical (unpaired) electrons. The largest absolute Gasteiger partial charge is 0.299 e. The van der Waals surface area contributed by atoms with Crippen LogP contribution in [0.2, 0.25) is 0 Å². The van der Waals surface area contributed by atoms with E-state index in [4.69, 9.17) is 0 Å². The molecule has 1 aliphatic rings. The van der Waals surface area contributed by atoms with Crippen molar-refractivity contribution in [2.75, 3.05) is 13.1 Å². The molecule has 0 spiro atoms. The normalized spacial score (nSPS) is 16.8. The minimum atomic E-state index is -2.70. The molecule has 0 aromatic carbocycles. The zero-order valence-corrected chi connectivity index (χ0v) is 14.3. The molecule has 0 bridgehead atoms. The summed E-state index contributed by atoms with van der Waals surface area (Å²) in [5, 5.41) is 3.18. The Morgan fingerprint density at radius 1 is 1.38 bits per heavy atom. The van der Waals surface area contributed by atoms with E-state index < -0.39 is 17.7 Å². The smallest absolute Gasteiger partial charge is 0.280 e. The van der Waals surface area contributed by atoms with Gasteiger partial charge in [0.15, 0.2) is 0 Å². The Hall–Kier alpha value is -1.67. The van der Waals surface area contributed by atoms with Gasteiger partial charge in [0.25, 0.3) is 12.0 Å². The lowest BCUT2D eigenvalue weighted by atomic mass is 9.96. The Balaban J connectivity index is 1.53. The molecule has 0 unspecified atom stereocenters. The summed E-state index contributed by atoms with van der Waals surface area (Å²) in [5.74, 6) is 0.371. The Morgan fingerprint density at radius 2 is 2.12 bits per heavy atom. The molecule has 1 fully saturated rings. The standard InChI is InChI=1S/C16H20F2N4OS/c1-11-20-13(9-24-11)8-21-4-2-12(3-5-21)7-22-10-19-14(16(17)18)6-15(22)23/h6,9-10,12,16H,2-5,7-8H2,1H3. The van der Waals surface area contributed by atoms with Crippen LogP contribution in [0.25, 0.3) is 0 Å². The molecule has 1 aliphatic heterocycles. The van der Waals surface area contributed by atoms with E-state index in [1.54, 1.807) is 11.3 Å². The Bertz CT molecular complexity index is 738. The average molecular weight is 354 g/mol. The van der Waals surface area contributed by atoms with Crippen molar-refractivity contribution in [3.05, 3.63) is 44.5 Å². The van der Waals surface area contributed by atoms with Gasteiger partial charge in [0.1, 0.15) is 5.69 Å². The van der Waals surface area contributed by atoms with Crippen molar-refractivity contribution >= 4 is 11.3 Å². The third kappa shape index (κ3) is 4.24. The SMILES string of the molecule is Cc1nc(CN2CCC(Cn3cnc(C(F)F)cc3=O)CC2)cs1. The quantitative estimate of drug-likeness (QED) is 0.828. The van der Waals surface area contributed by atoms with Gasteiger partial charge in [-0.05, 0) is 38.8 Å². The zero-order chi connectivity index (χ0) is 17.1. The van der Waals surface area contributed by atoms with Crippen molar-refractivity contribution in [1.29, 1.82) is 0 Å². The molecule has 0 N–H and O–H groups in total. The number of hydrogen-bond acceptors (Lipinski definition) is 5. The van der Waals surface area contributed by atoms with E-state index in [-0.39, 0.29) is 0 Å². The fourth-order valence-electron chi connectivity index (χ4n) is 3.01. The van der Waals surface area contributed by atoms with Crippen LogP contribution in [-0.4, -0.2) is 32.5 Å². The number of halogens is 2. The summed E-state index contributed by atoms with van der Waals surface area (Å²) >= 11 is 1.66. The first-order chi connectivity index (χ1) is 11.5. The van der Waals surface area contributed by atoms with Crippen LogP contribution in [0.1, 0.15) is 35.7 Å². The first kappa shape index (κ1) is 17.2. The zero-order valence-electron chi connectivity index (χ0n) is 13.5. The topological polar surface area (TPSA) is 51.0 Å². The number of nitrogens with zero attached hydrogens (tertiary/aromatic N) is 4. The summed E-state index contributed by atoms with van der Waals surface area (Å²) in [5.41, 5.74) is 0.254. The van der Waals surface area contributed by atoms with Crippen LogP contribution in [0.15, 0.2) is 22.6 Å². The first-order valence-corrected chi connectivity index (χ1v) is 8.87. The van der Waals surface area contributed by atoms with E-state index >= 15 is 0 Å². The lowest BCUT2D eigenvalue weighted by Gasteiger charge is -2.31. The van der Waals surface area contributed by atoms with Crippen LogP contribution >= 0.6 is 11.3 Å². The van der Waals surface area contributed by atoms with Gasteiger partial charge >= 0.3 is 0 Å². The maximum absolute atomic E-state index is 12.5. The summed E-state index contributed by atoms with van der Waals surface area (Å²) in [6, 6.07) is 0.935. The van der Waals surface area contributed by atoms with Gasteiger partial charge < -0.3 is 0 Å². The predicted molar refractivity (Wildman–Crippen MR) is 88.3 cm³/mol. The molecule has 0 amide bonds. The maximum atomic E-state index is 12.5. The molecule has 24 heavy (non-hydrogen) atoms. The number of likely N-dealkylation sites (tertiary alicyclic amines) is 1. The Labute approximate surface area is 143 Å². The molecular weight excluding hydrogens is 334 g/mol. The van der Waals surface area contributed by atoms with Gasteiger partial charge in [0, 0.05) is 24.5 Å². The molecule has 1 saturated heterocycles. The van der Waals surface area contributed by atoms with Crippen molar-refractivity contribution in [3.63, 3.8) is 0 Å². The van der Waals surface area contributed by atoms with E-state index in [1.165, 1.54) is 10.9 Å². The van der Waals surface area contributed by atoms with Gasteiger partial charge in [-0.25, -0.2) is 18.7 Å². The van der Waals surface area contributed by atoms with E-state index in [9.17, 15) is 13.6 Å². The van der Waals surface area contributed by atoms with E-state index in [0.717, 1.165) is 49.2 Å². The van der Waals surface area contributed by atoms with Crippen LogP contribution in [0.3, 0.4) is 0 Å². The minimum Gasteiger partial charge on any atom is -0.299 e. The van der Waals surface area contributed by atoms with Crippen LogP contribution < -0.4 is 5.56 Å². The highest BCUT2D eigenvalue weighted by atomic mass is 32.1. The second-order valence-electron chi connectivity index (χ2n) is 6.18. The highest BCUT2D eigenvalue weighted by molar-refractivity contribution is 7.09. The molecule has 5 nitrogen and oxygen atoms in total. The predicted octanol–water partition coefficient (Wildman–Crippen LogP) is 2.86. The monoisotopic (exact) mass is 354 g/mol. The second kappa shape index (κ2) is 7.48. The molecule has 8 heteroatoms. The van der Waals surface area contributed by atoms with Gasteiger partial charge in [0.05, 0.1) is 17.0 Å². The molecule has 0 aliphatic carbocycles. The van der Waals surface area contributed by atoms with E-state index in [2.05, 4.69) is 20.2 Å². The molecule has 3 heterocycles. The summed E-state index contributed by atoms with van der Waals surface area (Å²) < 4.78 is 26.5. The average Bonchev–Trinajstić information content (AvgIpc) is 2.96. The lowest BCUT2D eigenvalue weighted by Crippen LogP contribution is -2.36. The Morgan fingerprint density at radius 3 is 2.71 bits per heavy atom. The van der Waals surface area contributed by atoms with Gasteiger partial charge in [0.2, 0.25) is 0 Å². The summed E-state index contributed by atoms with van der Waals surface area (Å²) in [4.78, 5) is 22.4. The lowest BCUT2D eigenvalue weighted by molar-refractivity contribution is 0.144. The molecule has 0 saturated carbocycles. The molecule has 2 aromatic heterocycles. The minimum absolute atomic E-state index is 0.371. The number of aromatic nitrogens is 3. The molecule has 0 atom stereocenters. The van der Waals surface area contributed by atoms with Crippen molar-refractivity contribution in [1.82, 2.24) is 19.4 Å². The maximum Gasteiger partial charge on any atom is 0.280 e. The van der Waals surface area contributed by atoms with Crippen molar-refractivity contribution in [3.8, 4) is 0 Å². The van der Waals surface area contributed by atoms with E-state index in [1.807, 2.05) is 6.92 Å². The van der Waals surface area contributed by atoms with Crippen molar-refractivity contribution in [2.24, 2.45) is 5.92 Å². The number of aryl methyl sites for hydroxylation is 1. The Kier molecular flexibility index (Phi) is 5.35. The van der Waals surface area contributed by atoms with Gasteiger partial charge in [-0.1, -0.05) is 0 Å². The number of hydrogen-bond donors (Lipinski definition) is 0. The third-order valence-electron chi connectivity index (χ3n) is 4.34. The summed E-state index contributed by atoms with van der Waals surface area (Å²) in [7, 11) is 0. The van der Waals surface area contributed by atoms with Gasteiger partial charge in [-0.2, -0.15) is 0 Å². The third-order valence-corrected chi connectivity index (χ3v) is 5.16. The number of thiazole rings is 1. The van der Waals surface area contributed by atoms with Crippen LogP contribution in [-0.2, 0) is 13.1 Å². The fourth-order valence-corrected chi connectivity index (χ4v) is 3.62. The molecular formula is C16H20F2N4OS. The first-order valence-electron chi connectivity index (χ1n) is 7.99. The summed E-state index contributed by atoms with van der Waals surface area (Å²) in [6.45, 7) is 5.32. The number of piperidine rings is 1. The van der Waals surface area contributed by atoms with Crippen LogP contribution in [0.5, 0.6) is 0 Å². The van der Waals surface area contributed by atoms with Crippen LogP contribution in [0, 0.1) is 12.8 Å². The molecule has 3 rings (SSSR count). The second-order valence-corrected chi connectivity index (χ2v) is 7.24. The van der Waals surface area contributed by atoms with Crippen LogP contribution in [0.4, 0.5) is 8.78 Å². The summed E-state index contributed by atoms with van der Waals surface area (Å²) in [6.07, 6.45) is 0.497. The molecule has 130 valence electrons. The van der Waals surface area contributed by atoms with Crippen molar-refractivity contribution in [2.45, 2.75) is 39.3 Å². The van der Waals surface area contributed by atoms with Crippen molar-refractivity contribution < 1.29 is 8.78 Å². The number of rotatable bonds is 5. The highest BCUT2D eigenvalue weighted by Crippen LogP contribution is 2.21. The van der Waals surface area contributed by atoms with E-state index in [0.29, 0.717) is 12.5 Å². The molecule has 2 aromatic rings. The number of alkyl halides is 2. The fraction of sp³-hybridized carbons (Fsp3) is 0.562. The highest BCUT2D eigenvalue weighted by Gasteiger charge is 2.21. The van der Waals surface area contributed by atoms with Gasteiger partial charge in [-0.3, -0.25) is 14.3 Å².